The molecule has 0 heterocycles. The number of hydrogen-bond donors (Lipinski definition) is 0. The predicted molar refractivity (Wildman–Crippen MR) is 100.0 cm³/mol. The second-order valence-electron chi connectivity index (χ2n) is 6.13. The lowest BCUT2D eigenvalue weighted by Gasteiger charge is -2.27. The van der Waals surface area contributed by atoms with Crippen LogP contribution in [0.4, 0.5) is 0 Å². The first-order valence-electron chi connectivity index (χ1n) is 9.68. The van der Waals surface area contributed by atoms with Crippen molar-refractivity contribution in [2.75, 3.05) is 39.6 Å². The summed E-state index contributed by atoms with van der Waals surface area (Å²) in [5.74, 6) is 0. The van der Waals surface area contributed by atoms with Crippen LogP contribution in [-0.4, -0.2) is 47.0 Å². The van der Waals surface area contributed by atoms with E-state index < -0.39 is 0 Å². The Balaban J connectivity index is 5.34. The molecule has 0 amide bonds. The van der Waals surface area contributed by atoms with Crippen LogP contribution in [0.2, 0.25) is 0 Å². The molecule has 0 radical (unpaired) electrons. The molecule has 0 spiro atoms. The molecule has 22 heavy (non-hydrogen) atoms. The largest absolute Gasteiger partial charge is 1.34 e. The summed E-state index contributed by atoms with van der Waals surface area (Å²) in [7, 11) is 0.250. The van der Waals surface area contributed by atoms with Gasteiger partial charge in [0.1, 0.15) is 39.6 Å². The van der Waals surface area contributed by atoms with E-state index in [0.29, 0.717) is 0 Å². The quantitative estimate of drug-likeness (QED) is 0.294. The Morgan fingerprint density at radius 2 is 0.591 bits per heavy atom. The fourth-order valence-corrected chi connectivity index (χ4v) is 3.03. The van der Waals surface area contributed by atoms with Gasteiger partial charge in [0.25, 0.3) is 0 Å². The Morgan fingerprint density at radius 3 is 0.727 bits per heavy atom. The number of rotatable bonds is 15. The van der Waals surface area contributed by atoms with Crippen LogP contribution in [0.1, 0.15) is 80.1 Å². The predicted octanol–water partition coefficient (Wildman–Crippen LogP) is 5.09. The fraction of sp³-hybridized carbons (Fsp3) is 1.00. The van der Waals surface area contributed by atoms with E-state index in [1.54, 1.807) is 0 Å². The van der Waals surface area contributed by atoms with Crippen LogP contribution in [0.25, 0.3) is 0 Å². The molecule has 0 saturated carbocycles. The molecular formula is C18H42BO3+3. The highest BCUT2D eigenvalue weighted by molar-refractivity contribution is 6.39. The molecule has 0 rings (SSSR count). The van der Waals surface area contributed by atoms with Crippen molar-refractivity contribution in [1.29, 1.82) is 0 Å². The summed E-state index contributed by atoms with van der Waals surface area (Å²) < 4.78 is 10.8. The zero-order valence-corrected chi connectivity index (χ0v) is 16.3. The van der Waals surface area contributed by atoms with Gasteiger partial charge < -0.3 is 12.9 Å². The van der Waals surface area contributed by atoms with Crippen molar-refractivity contribution in [3.8, 4) is 0 Å². The lowest BCUT2D eigenvalue weighted by atomic mass is 10.1. The summed E-state index contributed by atoms with van der Waals surface area (Å²) in [4.78, 5) is 0. The van der Waals surface area contributed by atoms with E-state index in [2.05, 4.69) is 54.4 Å². The minimum absolute atomic E-state index is 0.250. The lowest BCUT2D eigenvalue weighted by molar-refractivity contribution is -0.207. The lowest BCUT2D eigenvalue weighted by Crippen LogP contribution is -2.52. The van der Waals surface area contributed by atoms with Crippen LogP contribution in [0.3, 0.4) is 0 Å². The van der Waals surface area contributed by atoms with Crippen molar-refractivity contribution in [2.45, 2.75) is 80.1 Å². The molecule has 0 saturated heterocycles. The third-order valence-electron chi connectivity index (χ3n) is 3.61. The smallest absolute Gasteiger partial charge is 0.360 e. The molecular weight excluding hydrogens is 275 g/mol. The average Bonchev–Trinajstić information content (AvgIpc) is 2.49. The Morgan fingerprint density at radius 1 is 0.409 bits per heavy atom. The zero-order chi connectivity index (χ0) is 16.8. The molecule has 0 fully saturated rings. The average molecular weight is 317 g/mol. The molecule has 4 heteroatoms. The van der Waals surface area contributed by atoms with E-state index in [1.807, 2.05) is 0 Å². The molecule has 0 aliphatic carbocycles. The molecule has 132 valence electrons. The first kappa shape index (κ1) is 21.9. The van der Waals surface area contributed by atoms with Gasteiger partial charge in [0.05, 0.1) is 0 Å². The van der Waals surface area contributed by atoms with Crippen molar-refractivity contribution in [2.24, 2.45) is 0 Å². The highest BCUT2D eigenvalue weighted by atomic mass is 16.9. The molecule has 0 unspecified atom stereocenters. The fourth-order valence-electron chi connectivity index (χ4n) is 3.03. The maximum atomic E-state index is 3.61. The van der Waals surface area contributed by atoms with Crippen LogP contribution in [0.5, 0.6) is 0 Å². The standard InChI is InChI=1S/C18H42BO3/c1-7-13-20(14-8-2)19(21(15-9-3)16-10-4)22(17-11-5)18-12-6/h7-18H2,1-6H3/q+3. The second kappa shape index (κ2) is 14.5. The Kier molecular flexibility index (Phi) is 14.5. The van der Waals surface area contributed by atoms with Gasteiger partial charge in [-0.2, -0.15) is 0 Å². The normalized spacial score (nSPS) is 11.9. The van der Waals surface area contributed by atoms with E-state index in [0.717, 1.165) is 39.6 Å². The molecule has 0 aromatic rings. The summed E-state index contributed by atoms with van der Waals surface area (Å²) >= 11 is 0. The van der Waals surface area contributed by atoms with Crippen LogP contribution in [0, 0.1) is 0 Å². The molecule has 0 bridgehead atoms. The summed E-state index contributed by atoms with van der Waals surface area (Å²) in [6, 6.07) is 0. The van der Waals surface area contributed by atoms with Crippen LogP contribution in [-0.2, 0) is 12.9 Å². The minimum atomic E-state index is 0.250. The van der Waals surface area contributed by atoms with E-state index in [-0.39, 0.29) is 7.32 Å². The van der Waals surface area contributed by atoms with Crippen LogP contribution < -0.4 is 0 Å². The van der Waals surface area contributed by atoms with Crippen LogP contribution >= 0.6 is 0 Å². The van der Waals surface area contributed by atoms with Crippen molar-refractivity contribution in [1.82, 2.24) is 0 Å². The molecule has 0 aliphatic heterocycles. The Bertz CT molecular complexity index is 182. The molecule has 0 aromatic heterocycles. The molecule has 0 aliphatic rings. The van der Waals surface area contributed by atoms with Gasteiger partial charge in [0, 0.05) is 38.5 Å². The Hall–Kier alpha value is -0.0551. The van der Waals surface area contributed by atoms with Gasteiger partial charge in [0.2, 0.25) is 0 Å². The molecule has 3 nitrogen and oxygen atoms in total. The van der Waals surface area contributed by atoms with Gasteiger partial charge >= 0.3 is 7.32 Å². The van der Waals surface area contributed by atoms with Gasteiger partial charge in [-0.1, -0.05) is 41.5 Å². The Labute approximate surface area is 140 Å². The van der Waals surface area contributed by atoms with Crippen molar-refractivity contribution in [3.05, 3.63) is 0 Å². The minimum Gasteiger partial charge on any atom is -0.360 e. The third kappa shape index (κ3) is 7.98. The van der Waals surface area contributed by atoms with E-state index in [4.69, 9.17) is 0 Å². The molecule has 0 atom stereocenters. The van der Waals surface area contributed by atoms with Crippen LogP contribution in [0.15, 0.2) is 0 Å². The van der Waals surface area contributed by atoms with E-state index in [9.17, 15) is 0 Å². The SMILES string of the molecule is CCC[O+](CCC)B([O+](CCC)CCC)[O+](CCC)CCC. The summed E-state index contributed by atoms with van der Waals surface area (Å²) in [6.45, 7) is 20.2. The zero-order valence-electron chi connectivity index (χ0n) is 16.3. The first-order valence-corrected chi connectivity index (χ1v) is 9.68. The number of hydrogen-bond acceptors (Lipinski definition) is 0. The maximum Gasteiger partial charge on any atom is 1.34 e. The first-order chi connectivity index (χ1) is 10.7. The van der Waals surface area contributed by atoms with E-state index >= 15 is 0 Å². The van der Waals surface area contributed by atoms with Crippen molar-refractivity contribution < 1.29 is 12.9 Å². The van der Waals surface area contributed by atoms with Gasteiger partial charge in [-0.15, -0.1) is 0 Å². The van der Waals surface area contributed by atoms with Gasteiger partial charge in [0.15, 0.2) is 0 Å². The van der Waals surface area contributed by atoms with Gasteiger partial charge in [-0.3, -0.25) is 0 Å². The van der Waals surface area contributed by atoms with Crippen molar-refractivity contribution in [3.63, 3.8) is 0 Å². The topological polar surface area (TPSA) is 8.10 Å². The van der Waals surface area contributed by atoms with Gasteiger partial charge in [-0.05, 0) is 0 Å². The van der Waals surface area contributed by atoms with Gasteiger partial charge in [-0.25, -0.2) is 0 Å². The van der Waals surface area contributed by atoms with E-state index in [1.165, 1.54) is 38.5 Å². The third-order valence-corrected chi connectivity index (χ3v) is 3.61. The highest BCUT2D eigenvalue weighted by Gasteiger charge is 2.73. The summed E-state index contributed by atoms with van der Waals surface area (Å²) in [5.41, 5.74) is 0. The maximum absolute atomic E-state index is 3.61. The molecule has 0 aromatic carbocycles. The monoisotopic (exact) mass is 317 g/mol. The highest BCUT2D eigenvalue weighted by Crippen LogP contribution is 2.22. The second-order valence-corrected chi connectivity index (χ2v) is 6.13. The summed E-state index contributed by atoms with van der Waals surface area (Å²) in [6.07, 6.45) is 7.09. The molecule has 0 N–H and O–H groups in total. The van der Waals surface area contributed by atoms with Crippen molar-refractivity contribution >= 4 is 7.32 Å². The summed E-state index contributed by atoms with van der Waals surface area (Å²) in [5, 5.41) is 0.